The number of aliphatic carboxylic acids is 1. The first kappa shape index (κ1) is 21.2. The fraction of sp³-hybridized carbons (Fsp3) is 0.417. The number of rotatable bonds is 6. The molecule has 1 N–H and O–H groups in total. The maximum absolute atomic E-state index is 13.4. The number of carbonyl (C=O) groups is 2. The first-order valence-corrected chi connectivity index (χ1v) is 11.2. The summed E-state index contributed by atoms with van der Waals surface area (Å²) < 4.78 is 0. The molecule has 1 heterocycles. The number of likely N-dealkylation sites (tertiary alicyclic amines) is 1. The Kier molecular flexibility index (Phi) is 6.35. The van der Waals surface area contributed by atoms with Crippen molar-refractivity contribution in [2.24, 2.45) is 11.8 Å². The van der Waals surface area contributed by atoms with Gasteiger partial charge in [0.2, 0.25) is 5.91 Å². The first-order chi connectivity index (χ1) is 14.4. The van der Waals surface area contributed by atoms with Crippen molar-refractivity contribution in [3.63, 3.8) is 0 Å². The Balaban J connectivity index is 1.78. The predicted octanol–water partition coefficient (Wildman–Crippen LogP) is 5.94. The van der Waals surface area contributed by atoms with Gasteiger partial charge in [-0.15, -0.1) is 0 Å². The molecule has 0 spiro atoms. The zero-order valence-corrected chi connectivity index (χ0v) is 18.1. The van der Waals surface area contributed by atoms with E-state index in [1.807, 2.05) is 53.4 Å². The van der Waals surface area contributed by atoms with Gasteiger partial charge in [-0.25, -0.2) is 0 Å². The summed E-state index contributed by atoms with van der Waals surface area (Å²) in [4.78, 5) is 26.9. The van der Waals surface area contributed by atoms with Crippen LogP contribution in [0.2, 0.25) is 10.0 Å². The van der Waals surface area contributed by atoms with E-state index in [2.05, 4.69) is 0 Å². The molecule has 2 aliphatic rings. The van der Waals surface area contributed by atoms with E-state index >= 15 is 0 Å². The van der Waals surface area contributed by atoms with E-state index in [1.165, 1.54) is 6.42 Å². The minimum absolute atomic E-state index is 0.0352. The number of amides is 1. The van der Waals surface area contributed by atoms with Crippen molar-refractivity contribution in [1.29, 1.82) is 0 Å². The van der Waals surface area contributed by atoms with E-state index in [1.54, 1.807) is 0 Å². The van der Waals surface area contributed by atoms with Crippen LogP contribution in [0.3, 0.4) is 0 Å². The normalized spacial score (nSPS) is 24.5. The number of carboxylic acid groups (broad SMARTS) is 1. The third-order valence-corrected chi connectivity index (χ3v) is 6.96. The number of piperidine rings is 1. The smallest absolute Gasteiger partial charge is 0.304 e. The fourth-order valence-corrected chi connectivity index (χ4v) is 5.12. The summed E-state index contributed by atoms with van der Waals surface area (Å²) >= 11 is 12.4. The molecule has 1 amide bonds. The number of halogens is 2. The molecule has 2 aromatic rings. The van der Waals surface area contributed by atoms with E-state index in [9.17, 15) is 14.7 Å². The van der Waals surface area contributed by atoms with E-state index < -0.39 is 11.9 Å². The topological polar surface area (TPSA) is 57.6 Å². The molecule has 2 aromatic carbocycles. The largest absolute Gasteiger partial charge is 0.481 e. The highest BCUT2D eigenvalue weighted by Gasteiger charge is 2.44. The molecular weight excluding hydrogens is 421 g/mol. The van der Waals surface area contributed by atoms with E-state index in [0.717, 1.165) is 24.0 Å². The highest BCUT2D eigenvalue weighted by Crippen LogP contribution is 2.47. The molecule has 2 fully saturated rings. The molecule has 6 heteroatoms. The molecule has 0 aromatic heterocycles. The van der Waals surface area contributed by atoms with Gasteiger partial charge in [0.15, 0.2) is 0 Å². The Morgan fingerprint density at radius 1 is 1.03 bits per heavy atom. The predicted molar refractivity (Wildman–Crippen MR) is 118 cm³/mol. The van der Waals surface area contributed by atoms with E-state index in [-0.39, 0.29) is 24.3 Å². The molecular formula is C24H25Cl2NO3. The molecule has 3 atom stereocenters. The van der Waals surface area contributed by atoms with Crippen LogP contribution in [0.15, 0.2) is 48.5 Å². The van der Waals surface area contributed by atoms with Crippen LogP contribution in [-0.4, -0.2) is 28.4 Å². The molecule has 1 aliphatic carbocycles. The van der Waals surface area contributed by atoms with Crippen molar-refractivity contribution in [1.82, 2.24) is 4.90 Å². The molecule has 30 heavy (non-hydrogen) atoms. The first-order valence-electron chi connectivity index (χ1n) is 10.5. The molecule has 1 saturated carbocycles. The molecule has 4 nitrogen and oxygen atoms in total. The van der Waals surface area contributed by atoms with E-state index in [0.29, 0.717) is 28.9 Å². The van der Waals surface area contributed by atoms with Crippen LogP contribution in [0.4, 0.5) is 0 Å². The van der Waals surface area contributed by atoms with Crippen LogP contribution in [0.25, 0.3) is 0 Å². The van der Waals surface area contributed by atoms with Crippen LogP contribution in [0, 0.1) is 11.8 Å². The van der Waals surface area contributed by atoms with Gasteiger partial charge in [-0.3, -0.25) is 9.59 Å². The molecule has 1 aliphatic heterocycles. The van der Waals surface area contributed by atoms with Crippen LogP contribution >= 0.6 is 23.2 Å². The number of hydrogen-bond acceptors (Lipinski definition) is 2. The average molecular weight is 446 g/mol. The highest BCUT2D eigenvalue weighted by atomic mass is 35.5. The summed E-state index contributed by atoms with van der Waals surface area (Å²) in [5.74, 6) is -1.08. The molecule has 1 unspecified atom stereocenters. The zero-order chi connectivity index (χ0) is 21.3. The van der Waals surface area contributed by atoms with E-state index in [4.69, 9.17) is 23.2 Å². The van der Waals surface area contributed by atoms with Crippen molar-refractivity contribution in [3.8, 4) is 0 Å². The quantitative estimate of drug-likeness (QED) is 0.597. The lowest BCUT2D eigenvalue weighted by atomic mass is 9.74. The number of carbonyl (C=O) groups excluding carboxylic acids is 1. The van der Waals surface area contributed by atoms with Crippen molar-refractivity contribution in [3.05, 3.63) is 69.7 Å². The second kappa shape index (κ2) is 8.99. The second-order valence-corrected chi connectivity index (χ2v) is 9.35. The average Bonchev–Trinajstić information content (AvgIpc) is 2.67. The summed E-state index contributed by atoms with van der Waals surface area (Å²) in [5, 5.41) is 10.7. The highest BCUT2D eigenvalue weighted by molar-refractivity contribution is 6.30. The maximum Gasteiger partial charge on any atom is 0.304 e. The lowest BCUT2D eigenvalue weighted by Crippen LogP contribution is -2.49. The van der Waals surface area contributed by atoms with Gasteiger partial charge in [0.05, 0.1) is 12.5 Å². The lowest BCUT2D eigenvalue weighted by Gasteiger charge is -2.47. The van der Waals surface area contributed by atoms with Gasteiger partial charge in [-0.2, -0.15) is 0 Å². The Hall–Kier alpha value is -2.04. The molecule has 4 rings (SSSR count). The van der Waals surface area contributed by atoms with Gasteiger partial charge < -0.3 is 10.0 Å². The summed E-state index contributed by atoms with van der Waals surface area (Å²) in [6.07, 6.45) is 3.75. The van der Waals surface area contributed by atoms with Gasteiger partial charge in [0.1, 0.15) is 0 Å². The SMILES string of the molecule is O=C(O)C[C@@H]1C[C@H](c2cccc(Cl)c2)C(c2ccc(Cl)cc2)N(CC2CCC2)C1=O. The number of nitrogens with zero attached hydrogens (tertiary/aromatic N) is 1. The second-order valence-electron chi connectivity index (χ2n) is 8.48. The molecule has 0 radical (unpaired) electrons. The number of benzene rings is 2. The minimum atomic E-state index is -0.938. The van der Waals surface area contributed by atoms with Gasteiger partial charge >= 0.3 is 5.97 Å². The summed E-state index contributed by atoms with van der Waals surface area (Å²) in [6.45, 7) is 0.666. The fourth-order valence-electron chi connectivity index (χ4n) is 4.79. The van der Waals surface area contributed by atoms with Gasteiger partial charge in [0, 0.05) is 28.4 Å². The number of carboxylic acids is 1. The van der Waals surface area contributed by atoms with Crippen molar-refractivity contribution < 1.29 is 14.7 Å². The Morgan fingerprint density at radius 3 is 2.37 bits per heavy atom. The maximum atomic E-state index is 13.4. The monoisotopic (exact) mass is 445 g/mol. The third kappa shape index (κ3) is 4.50. The summed E-state index contributed by atoms with van der Waals surface area (Å²) in [5.41, 5.74) is 2.05. The molecule has 158 valence electrons. The van der Waals surface area contributed by atoms with Crippen molar-refractivity contribution in [2.45, 2.75) is 44.1 Å². The van der Waals surface area contributed by atoms with Gasteiger partial charge in [-0.1, -0.05) is 53.9 Å². The zero-order valence-electron chi connectivity index (χ0n) is 16.6. The van der Waals surface area contributed by atoms with Gasteiger partial charge in [-0.05, 0) is 60.6 Å². The van der Waals surface area contributed by atoms with Crippen LogP contribution in [0.5, 0.6) is 0 Å². The number of hydrogen-bond donors (Lipinski definition) is 1. The summed E-state index contributed by atoms with van der Waals surface area (Å²) in [6, 6.07) is 15.2. The van der Waals surface area contributed by atoms with Crippen molar-refractivity contribution in [2.75, 3.05) is 6.54 Å². The Bertz CT molecular complexity index is 926. The Morgan fingerprint density at radius 2 is 1.77 bits per heavy atom. The van der Waals surface area contributed by atoms with Crippen LogP contribution in [-0.2, 0) is 9.59 Å². The lowest BCUT2D eigenvalue weighted by molar-refractivity contribution is -0.150. The minimum Gasteiger partial charge on any atom is -0.481 e. The van der Waals surface area contributed by atoms with Crippen LogP contribution < -0.4 is 0 Å². The Labute approximate surface area is 186 Å². The standard InChI is InChI=1S/C24H25Cl2NO3/c25-19-9-7-16(8-10-19)23-21(17-5-2-6-20(26)11-17)12-18(13-22(28)29)24(30)27(23)14-15-3-1-4-15/h2,5-11,15,18,21,23H,1,3-4,12-14H2,(H,28,29)/t18-,21+,23?/m0/s1. The summed E-state index contributed by atoms with van der Waals surface area (Å²) in [7, 11) is 0. The van der Waals surface area contributed by atoms with Crippen LogP contribution in [0.1, 0.15) is 55.2 Å². The van der Waals surface area contributed by atoms with Gasteiger partial charge in [0.25, 0.3) is 0 Å². The molecule has 1 saturated heterocycles. The third-order valence-electron chi connectivity index (χ3n) is 6.48. The van der Waals surface area contributed by atoms with Crippen molar-refractivity contribution >= 4 is 35.1 Å². The molecule has 0 bridgehead atoms.